The van der Waals surface area contributed by atoms with Gasteiger partial charge in [0.25, 0.3) is 0 Å². The van der Waals surface area contributed by atoms with Gasteiger partial charge in [-0.15, -0.1) is 0 Å². The van der Waals surface area contributed by atoms with Crippen LogP contribution in [0.3, 0.4) is 0 Å². The molecular formula is C36H42P2S2. The van der Waals surface area contributed by atoms with E-state index in [9.17, 15) is 0 Å². The minimum atomic E-state index is -2.29. The van der Waals surface area contributed by atoms with Gasteiger partial charge in [0.2, 0.25) is 0 Å². The molecule has 0 nitrogen and oxygen atoms in total. The maximum absolute atomic E-state index is 6.89. The summed E-state index contributed by atoms with van der Waals surface area (Å²) in [5.41, 5.74) is 0. The Bertz CT molecular complexity index is 1330. The highest BCUT2D eigenvalue weighted by atomic mass is 32.4. The predicted molar refractivity (Wildman–Crippen MR) is 188 cm³/mol. The first-order valence-electron chi connectivity index (χ1n) is 14.7. The molecule has 0 aliphatic carbocycles. The second-order valence-electron chi connectivity index (χ2n) is 10.5. The van der Waals surface area contributed by atoms with E-state index < -0.39 is 12.1 Å². The van der Waals surface area contributed by atoms with Crippen molar-refractivity contribution >= 4 is 56.9 Å². The van der Waals surface area contributed by atoms with Crippen LogP contribution in [0.5, 0.6) is 0 Å². The predicted octanol–water partition coefficient (Wildman–Crippen LogP) is 9.62. The van der Waals surface area contributed by atoms with Gasteiger partial charge in [-0.05, 0) is 45.2 Å². The highest BCUT2D eigenvalue weighted by molar-refractivity contribution is 8.25. The van der Waals surface area contributed by atoms with Gasteiger partial charge < -0.3 is 0 Å². The lowest BCUT2D eigenvalue weighted by atomic mass is 10.1. The van der Waals surface area contributed by atoms with Gasteiger partial charge in [0, 0.05) is 12.1 Å². The van der Waals surface area contributed by atoms with Crippen LogP contribution in [0.2, 0.25) is 0 Å². The number of hydrogen-bond donors (Lipinski definition) is 0. The van der Waals surface area contributed by atoms with Gasteiger partial charge in [-0.25, -0.2) is 0 Å². The van der Waals surface area contributed by atoms with Gasteiger partial charge in [0.05, 0.1) is 0 Å². The van der Waals surface area contributed by atoms with Gasteiger partial charge in [-0.1, -0.05) is 197 Å². The zero-order valence-electron chi connectivity index (χ0n) is 23.7. The van der Waals surface area contributed by atoms with Crippen molar-refractivity contribution in [3.05, 3.63) is 132 Å². The molecule has 0 heterocycles. The van der Waals surface area contributed by atoms with Crippen molar-refractivity contribution in [2.24, 2.45) is 0 Å². The molecule has 0 N–H and O–H groups in total. The first-order chi connectivity index (χ1) is 19.6. The summed E-state index contributed by atoms with van der Waals surface area (Å²) in [6.07, 6.45) is 11.4. The quantitative estimate of drug-likeness (QED) is 0.0984. The highest BCUT2D eigenvalue weighted by Crippen LogP contribution is 2.59. The third-order valence-corrected chi connectivity index (χ3v) is 17.3. The van der Waals surface area contributed by atoms with Crippen LogP contribution in [0.15, 0.2) is 132 Å². The van der Waals surface area contributed by atoms with Crippen molar-refractivity contribution in [1.82, 2.24) is 0 Å². The van der Waals surface area contributed by atoms with Crippen LogP contribution in [-0.2, 0) is 23.6 Å². The summed E-state index contributed by atoms with van der Waals surface area (Å²) >= 11 is 13.6. The average Bonchev–Trinajstić information content (AvgIpc) is 3.03. The molecule has 208 valence electrons. The van der Waals surface area contributed by atoms with Crippen molar-refractivity contribution in [1.29, 1.82) is 0 Å². The summed E-state index contributed by atoms with van der Waals surface area (Å²) in [4.78, 5) is 0. The van der Waals surface area contributed by atoms with Crippen LogP contribution in [0.1, 0.15) is 64.7 Å². The van der Waals surface area contributed by atoms with E-state index >= 15 is 0 Å². The van der Waals surface area contributed by atoms with Gasteiger partial charge in [0.15, 0.2) is 0 Å². The molecule has 4 heteroatoms. The summed E-state index contributed by atoms with van der Waals surface area (Å²) in [5.74, 6) is 2.50. The number of rotatable bonds is 15. The van der Waals surface area contributed by atoms with Crippen LogP contribution >= 0.6 is 12.1 Å². The molecule has 0 spiro atoms. The van der Waals surface area contributed by atoms with E-state index in [1.54, 1.807) is 0 Å². The zero-order valence-corrected chi connectivity index (χ0v) is 27.1. The third-order valence-electron chi connectivity index (χ3n) is 7.54. The molecule has 0 unspecified atom stereocenters. The van der Waals surface area contributed by atoms with E-state index in [2.05, 4.69) is 134 Å². The second-order valence-corrected chi connectivity index (χ2v) is 19.3. The molecule has 0 saturated carbocycles. The summed E-state index contributed by atoms with van der Waals surface area (Å²) in [6.45, 7) is 2.28. The molecule has 0 aromatic heterocycles. The molecule has 0 amide bonds. The summed E-state index contributed by atoms with van der Waals surface area (Å²) in [7, 11) is 0. The Morgan fingerprint density at radius 1 is 0.500 bits per heavy atom. The maximum atomic E-state index is 6.89. The SMILES string of the molecule is CCCCCCCCCC/C(=C\P(=S)(c1ccccc1)c1ccccc1)P(=S)(c1ccccc1)c1ccccc1. The minimum Gasteiger partial charge on any atom is -0.0832 e. The van der Waals surface area contributed by atoms with Crippen molar-refractivity contribution in [3.63, 3.8) is 0 Å². The smallest absolute Gasteiger partial charge is 0.0341 e. The molecule has 0 bridgehead atoms. The molecule has 4 rings (SSSR count). The topological polar surface area (TPSA) is 0 Å². The Morgan fingerprint density at radius 2 is 0.850 bits per heavy atom. The molecule has 4 aromatic carbocycles. The molecule has 40 heavy (non-hydrogen) atoms. The lowest BCUT2D eigenvalue weighted by molar-refractivity contribution is 0.577. The van der Waals surface area contributed by atoms with Gasteiger partial charge in [-0.2, -0.15) is 0 Å². The Labute approximate surface area is 253 Å². The first kappa shape index (κ1) is 30.9. The van der Waals surface area contributed by atoms with Crippen LogP contribution in [-0.4, -0.2) is 0 Å². The van der Waals surface area contributed by atoms with Crippen LogP contribution in [0.4, 0.5) is 0 Å². The van der Waals surface area contributed by atoms with E-state index in [1.807, 2.05) is 0 Å². The fraction of sp³-hybridized carbons (Fsp3) is 0.278. The van der Waals surface area contributed by atoms with E-state index in [0.29, 0.717) is 0 Å². The molecule has 0 aliphatic rings. The normalized spacial score (nSPS) is 12.4. The van der Waals surface area contributed by atoms with Gasteiger partial charge in [0.1, 0.15) is 0 Å². The summed E-state index contributed by atoms with van der Waals surface area (Å²) in [6, 6.07) is 38.6. The molecule has 0 aliphatic heterocycles. The Balaban J connectivity index is 1.81. The van der Waals surface area contributed by atoms with Crippen molar-refractivity contribution in [3.8, 4) is 0 Å². The highest BCUT2D eigenvalue weighted by Gasteiger charge is 2.30. The first-order valence-corrected chi connectivity index (χ1v) is 20.4. The average molecular weight is 601 g/mol. The second kappa shape index (κ2) is 15.8. The van der Waals surface area contributed by atoms with E-state index in [-0.39, 0.29) is 0 Å². The minimum absolute atomic E-state index is 0.994. The van der Waals surface area contributed by atoms with Gasteiger partial charge >= 0.3 is 0 Å². The molecule has 0 saturated heterocycles. The van der Waals surface area contributed by atoms with E-state index in [4.69, 9.17) is 23.6 Å². The Hall–Kier alpha value is -2.08. The number of benzene rings is 4. The van der Waals surface area contributed by atoms with Crippen molar-refractivity contribution in [2.75, 3.05) is 0 Å². The van der Waals surface area contributed by atoms with E-state index in [1.165, 1.54) is 71.5 Å². The molecule has 4 aromatic rings. The Morgan fingerprint density at radius 3 is 1.25 bits per heavy atom. The summed E-state index contributed by atoms with van der Waals surface area (Å²) in [5, 5.41) is 6.34. The molecule has 0 fully saturated rings. The van der Waals surface area contributed by atoms with E-state index in [0.717, 1.165) is 12.8 Å². The zero-order chi connectivity index (χ0) is 28.1. The third kappa shape index (κ3) is 7.80. The van der Waals surface area contributed by atoms with Crippen LogP contribution in [0.25, 0.3) is 0 Å². The van der Waals surface area contributed by atoms with Crippen LogP contribution < -0.4 is 21.2 Å². The Kier molecular flexibility index (Phi) is 12.2. The monoisotopic (exact) mass is 600 g/mol. The maximum Gasteiger partial charge on any atom is 0.0341 e. The number of unbranched alkanes of at least 4 members (excludes halogenated alkanes) is 7. The molecule has 0 radical (unpaired) electrons. The number of hydrogen-bond acceptors (Lipinski definition) is 2. The molecular weight excluding hydrogens is 558 g/mol. The van der Waals surface area contributed by atoms with Crippen molar-refractivity contribution in [2.45, 2.75) is 64.7 Å². The molecule has 0 atom stereocenters. The fourth-order valence-corrected chi connectivity index (χ4v) is 14.2. The summed E-state index contributed by atoms with van der Waals surface area (Å²) < 4.78 is 0. The largest absolute Gasteiger partial charge is 0.0832 e. The standard InChI is InChI=1S/C36H42P2S2/c1-2-3-4-5-6-7-8-13-30-36(38(40,34-26-18-11-19-27-34)35-28-20-12-21-29-35)31-37(39,32-22-14-9-15-23-32)33-24-16-10-17-25-33/h9-12,14-29,31H,2-8,13,30H2,1H3/b36-31+. The van der Waals surface area contributed by atoms with Crippen LogP contribution in [0, 0.1) is 0 Å². The van der Waals surface area contributed by atoms with Gasteiger partial charge in [-0.3, -0.25) is 0 Å². The fourth-order valence-electron chi connectivity index (χ4n) is 5.31. The van der Waals surface area contributed by atoms with Crippen molar-refractivity contribution < 1.29 is 0 Å². The lowest BCUT2D eigenvalue weighted by Gasteiger charge is -2.30. The number of allylic oxidation sites excluding steroid dienone is 1. The lowest BCUT2D eigenvalue weighted by Crippen LogP contribution is -2.19.